The van der Waals surface area contributed by atoms with Crippen LogP contribution in [0.5, 0.6) is 0 Å². The average Bonchev–Trinajstić information content (AvgIpc) is 2.61. The van der Waals surface area contributed by atoms with Gasteiger partial charge in [0.15, 0.2) is 0 Å². The van der Waals surface area contributed by atoms with Crippen LogP contribution < -0.4 is 5.48 Å². The van der Waals surface area contributed by atoms with Gasteiger partial charge >= 0.3 is 0 Å². The molecule has 0 atom stereocenters. The summed E-state index contributed by atoms with van der Waals surface area (Å²) < 4.78 is 14.2. The van der Waals surface area contributed by atoms with E-state index in [4.69, 9.17) is 5.21 Å². The van der Waals surface area contributed by atoms with E-state index < -0.39 is 0 Å². The first-order valence-electron chi connectivity index (χ1n) is 4.43. The second-order valence-electron chi connectivity index (χ2n) is 3.16. The van der Waals surface area contributed by atoms with E-state index in [1.807, 2.05) is 5.48 Å². The Labute approximate surface area is 85.9 Å². The lowest BCUT2D eigenvalue weighted by Crippen LogP contribution is -1.94. The zero-order valence-corrected chi connectivity index (χ0v) is 8.11. The fourth-order valence-corrected chi connectivity index (χ4v) is 1.30. The number of aromatic nitrogens is 2. The van der Waals surface area contributed by atoms with Crippen molar-refractivity contribution in [2.45, 2.75) is 6.92 Å². The van der Waals surface area contributed by atoms with Gasteiger partial charge in [0.25, 0.3) is 0 Å². The molecule has 4 nitrogen and oxygen atoms in total. The Balaban J connectivity index is 2.41. The number of anilines is 1. The van der Waals surface area contributed by atoms with E-state index in [-0.39, 0.29) is 5.82 Å². The molecule has 0 bridgehead atoms. The molecule has 0 aliphatic heterocycles. The van der Waals surface area contributed by atoms with Crippen LogP contribution in [0.2, 0.25) is 0 Å². The molecule has 0 aliphatic carbocycles. The summed E-state index contributed by atoms with van der Waals surface area (Å²) in [5.74, 6) is -0.289. The van der Waals surface area contributed by atoms with Crippen molar-refractivity contribution in [3.8, 4) is 5.69 Å². The Hall–Kier alpha value is -1.88. The number of rotatable bonds is 2. The van der Waals surface area contributed by atoms with Gasteiger partial charge in [0.2, 0.25) is 0 Å². The van der Waals surface area contributed by atoms with Gasteiger partial charge in [-0.15, -0.1) is 0 Å². The SMILES string of the molecule is Cc1nn(-c2ccc(F)cc2)cc1NO. The van der Waals surface area contributed by atoms with Crippen molar-refractivity contribution in [1.29, 1.82) is 0 Å². The summed E-state index contributed by atoms with van der Waals surface area (Å²) in [5.41, 5.74) is 3.97. The van der Waals surface area contributed by atoms with Gasteiger partial charge in [-0.05, 0) is 31.2 Å². The van der Waals surface area contributed by atoms with Gasteiger partial charge in [-0.2, -0.15) is 5.10 Å². The van der Waals surface area contributed by atoms with E-state index in [9.17, 15) is 4.39 Å². The molecule has 78 valence electrons. The Morgan fingerprint density at radius 1 is 1.33 bits per heavy atom. The van der Waals surface area contributed by atoms with Crippen LogP contribution in [-0.2, 0) is 0 Å². The zero-order chi connectivity index (χ0) is 10.8. The Bertz CT molecular complexity index is 464. The van der Waals surface area contributed by atoms with Gasteiger partial charge < -0.3 is 0 Å². The Morgan fingerprint density at radius 3 is 2.53 bits per heavy atom. The highest BCUT2D eigenvalue weighted by Crippen LogP contribution is 2.15. The minimum Gasteiger partial charge on any atom is -0.291 e. The van der Waals surface area contributed by atoms with E-state index >= 15 is 0 Å². The predicted octanol–water partition coefficient (Wildman–Crippen LogP) is 2.12. The first-order valence-corrected chi connectivity index (χ1v) is 4.43. The smallest absolute Gasteiger partial charge is 0.123 e. The van der Waals surface area contributed by atoms with Gasteiger partial charge in [-0.3, -0.25) is 10.7 Å². The molecular formula is C10H10FN3O. The molecule has 2 rings (SSSR count). The van der Waals surface area contributed by atoms with E-state index in [0.29, 0.717) is 11.4 Å². The fraction of sp³-hybridized carbons (Fsp3) is 0.100. The minimum absolute atomic E-state index is 0.289. The van der Waals surface area contributed by atoms with Crippen LogP contribution in [0.3, 0.4) is 0 Å². The van der Waals surface area contributed by atoms with Crippen LogP contribution in [0.4, 0.5) is 10.1 Å². The van der Waals surface area contributed by atoms with Crippen molar-refractivity contribution >= 4 is 5.69 Å². The van der Waals surface area contributed by atoms with Gasteiger partial charge in [0, 0.05) is 0 Å². The molecule has 1 heterocycles. The van der Waals surface area contributed by atoms with Crippen LogP contribution in [0.1, 0.15) is 5.69 Å². The molecule has 0 saturated heterocycles. The molecule has 2 N–H and O–H groups in total. The monoisotopic (exact) mass is 207 g/mol. The van der Waals surface area contributed by atoms with E-state index in [2.05, 4.69) is 5.10 Å². The van der Waals surface area contributed by atoms with Gasteiger partial charge in [-0.25, -0.2) is 9.07 Å². The molecule has 0 spiro atoms. The molecule has 1 aromatic heterocycles. The molecular weight excluding hydrogens is 197 g/mol. The number of hydrogen-bond acceptors (Lipinski definition) is 3. The Kier molecular flexibility index (Phi) is 2.39. The van der Waals surface area contributed by atoms with Crippen molar-refractivity contribution in [3.05, 3.63) is 42.0 Å². The Morgan fingerprint density at radius 2 is 2.00 bits per heavy atom. The van der Waals surface area contributed by atoms with Crippen LogP contribution in [0.25, 0.3) is 5.69 Å². The predicted molar refractivity (Wildman–Crippen MR) is 53.7 cm³/mol. The topological polar surface area (TPSA) is 50.1 Å². The summed E-state index contributed by atoms with van der Waals surface area (Å²) in [6.45, 7) is 1.76. The number of nitrogens with one attached hydrogen (secondary N) is 1. The van der Waals surface area contributed by atoms with Crippen LogP contribution in [0, 0.1) is 12.7 Å². The van der Waals surface area contributed by atoms with E-state index in [1.54, 1.807) is 29.9 Å². The maximum absolute atomic E-state index is 12.7. The normalized spacial score (nSPS) is 10.3. The third kappa shape index (κ3) is 1.82. The van der Waals surface area contributed by atoms with Crippen LogP contribution in [0.15, 0.2) is 30.5 Å². The third-order valence-electron chi connectivity index (χ3n) is 2.11. The molecule has 0 amide bonds. The lowest BCUT2D eigenvalue weighted by molar-refractivity contribution is 0.388. The highest BCUT2D eigenvalue weighted by atomic mass is 19.1. The number of aryl methyl sites for hydroxylation is 1. The van der Waals surface area contributed by atoms with Crippen LogP contribution in [-0.4, -0.2) is 15.0 Å². The molecule has 0 saturated carbocycles. The lowest BCUT2D eigenvalue weighted by atomic mass is 10.3. The number of hydrogen-bond donors (Lipinski definition) is 2. The molecule has 5 heteroatoms. The summed E-state index contributed by atoms with van der Waals surface area (Å²) in [5, 5.41) is 12.9. The van der Waals surface area contributed by atoms with E-state index in [1.165, 1.54) is 12.1 Å². The molecule has 0 radical (unpaired) electrons. The first kappa shape index (κ1) is 9.67. The van der Waals surface area contributed by atoms with Gasteiger partial charge in [0.1, 0.15) is 11.5 Å². The van der Waals surface area contributed by atoms with Gasteiger partial charge in [0.05, 0.1) is 17.6 Å². The maximum Gasteiger partial charge on any atom is 0.123 e. The number of benzene rings is 1. The van der Waals surface area contributed by atoms with Crippen LogP contribution >= 0.6 is 0 Å². The first-order chi connectivity index (χ1) is 7.20. The van der Waals surface area contributed by atoms with Crippen molar-refractivity contribution in [2.75, 3.05) is 5.48 Å². The standard InChI is InChI=1S/C10H10FN3O/c1-7-10(13-15)6-14(12-7)9-4-2-8(11)3-5-9/h2-6,13,15H,1H3. The van der Waals surface area contributed by atoms with E-state index in [0.717, 1.165) is 5.69 Å². The molecule has 1 aromatic carbocycles. The largest absolute Gasteiger partial charge is 0.291 e. The molecule has 0 aliphatic rings. The summed E-state index contributed by atoms with van der Waals surface area (Å²) >= 11 is 0. The highest BCUT2D eigenvalue weighted by Gasteiger charge is 2.04. The molecule has 15 heavy (non-hydrogen) atoms. The van der Waals surface area contributed by atoms with Crippen molar-refractivity contribution < 1.29 is 9.60 Å². The quantitative estimate of drug-likeness (QED) is 0.741. The lowest BCUT2D eigenvalue weighted by Gasteiger charge is -1.99. The second-order valence-corrected chi connectivity index (χ2v) is 3.16. The zero-order valence-electron chi connectivity index (χ0n) is 8.11. The minimum atomic E-state index is -0.289. The summed E-state index contributed by atoms with van der Waals surface area (Å²) in [7, 11) is 0. The highest BCUT2D eigenvalue weighted by molar-refractivity contribution is 5.46. The third-order valence-corrected chi connectivity index (χ3v) is 2.11. The maximum atomic E-state index is 12.7. The molecule has 0 unspecified atom stereocenters. The van der Waals surface area contributed by atoms with Gasteiger partial charge in [-0.1, -0.05) is 0 Å². The van der Waals surface area contributed by atoms with Crippen molar-refractivity contribution in [1.82, 2.24) is 9.78 Å². The summed E-state index contributed by atoms with van der Waals surface area (Å²) in [6, 6.07) is 5.95. The number of nitrogens with zero attached hydrogens (tertiary/aromatic N) is 2. The summed E-state index contributed by atoms with van der Waals surface area (Å²) in [4.78, 5) is 0. The number of halogens is 1. The average molecular weight is 207 g/mol. The van der Waals surface area contributed by atoms with Crippen molar-refractivity contribution in [2.24, 2.45) is 0 Å². The fourth-order valence-electron chi connectivity index (χ4n) is 1.30. The molecule has 2 aromatic rings. The second kappa shape index (κ2) is 3.70. The summed E-state index contributed by atoms with van der Waals surface area (Å²) in [6.07, 6.45) is 1.63. The van der Waals surface area contributed by atoms with Crippen molar-refractivity contribution in [3.63, 3.8) is 0 Å². The molecule has 0 fully saturated rings.